The van der Waals surface area contributed by atoms with Crippen molar-refractivity contribution in [1.82, 2.24) is 14.5 Å². The van der Waals surface area contributed by atoms with E-state index < -0.39 is 0 Å². The van der Waals surface area contributed by atoms with Gasteiger partial charge in [0.15, 0.2) is 5.82 Å². The predicted octanol–water partition coefficient (Wildman–Crippen LogP) is 2.72. The second-order valence-electron chi connectivity index (χ2n) is 5.96. The van der Waals surface area contributed by atoms with E-state index in [1.54, 1.807) is 12.5 Å². The van der Waals surface area contributed by atoms with Crippen LogP contribution in [0, 0.1) is 0 Å². The Bertz CT molecular complexity index is 795. The van der Waals surface area contributed by atoms with Gasteiger partial charge in [-0.05, 0) is 29.8 Å². The molecule has 0 radical (unpaired) electrons. The molecular weight excluding hydrogens is 314 g/mol. The average Bonchev–Trinajstić information content (AvgIpc) is 3.22. The van der Waals surface area contributed by atoms with E-state index in [4.69, 9.17) is 4.74 Å². The van der Waals surface area contributed by atoms with Crippen LogP contribution in [-0.4, -0.2) is 40.8 Å². The zero-order valence-corrected chi connectivity index (χ0v) is 14.0. The third-order valence-electron chi connectivity index (χ3n) is 4.32. The van der Waals surface area contributed by atoms with E-state index in [-0.39, 0.29) is 0 Å². The molecule has 0 bridgehead atoms. The second-order valence-corrected chi connectivity index (χ2v) is 5.96. The minimum Gasteiger partial charge on any atom is -0.378 e. The van der Waals surface area contributed by atoms with Crippen molar-refractivity contribution in [1.29, 1.82) is 0 Å². The Morgan fingerprint density at radius 1 is 1.04 bits per heavy atom. The molecule has 3 aromatic rings. The summed E-state index contributed by atoms with van der Waals surface area (Å²) in [6, 6.07) is 12.5. The van der Waals surface area contributed by atoms with Gasteiger partial charge in [0.1, 0.15) is 0 Å². The number of nitrogens with zero attached hydrogens (tertiary/aromatic N) is 4. The Balaban J connectivity index is 1.44. The van der Waals surface area contributed by atoms with Gasteiger partial charge < -0.3 is 19.5 Å². The van der Waals surface area contributed by atoms with E-state index in [0.29, 0.717) is 0 Å². The van der Waals surface area contributed by atoms with Crippen LogP contribution in [0.25, 0.3) is 5.69 Å². The number of nitrogens with one attached hydrogen (secondary N) is 1. The van der Waals surface area contributed by atoms with Gasteiger partial charge in [-0.15, -0.1) is 0 Å². The van der Waals surface area contributed by atoms with Crippen molar-refractivity contribution >= 4 is 11.5 Å². The fourth-order valence-corrected chi connectivity index (χ4v) is 2.96. The minimum absolute atomic E-state index is 0.756. The number of aromatic nitrogens is 3. The molecule has 0 spiro atoms. The largest absolute Gasteiger partial charge is 0.378 e. The first-order valence-corrected chi connectivity index (χ1v) is 8.49. The van der Waals surface area contributed by atoms with Gasteiger partial charge in [0.2, 0.25) is 0 Å². The highest BCUT2D eigenvalue weighted by atomic mass is 16.5. The van der Waals surface area contributed by atoms with E-state index in [1.165, 1.54) is 5.56 Å². The molecule has 0 amide bonds. The van der Waals surface area contributed by atoms with Gasteiger partial charge in [-0.2, -0.15) is 0 Å². The summed E-state index contributed by atoms with van der Waals surface area (Å²) in [5, 5.41) is 3.52. The van der Waals surface area contributed by atoms with Crippen molar-refractivity contribution in [3.63, 3.8) is 0 Å². The van der Waals surface area contributed by atoms with Crippen LogP contribution in [-0.2, 0) is 11.3 Å². The summed E-state index contributed by atoms with van der Waals surface area (Å²) in [5.41, 5.74) is 3.39. The summed E-state index contributed by atoms with van der Waals surface area (Å²) in [6.07, 6.45) is 7.37. The quantitative estimate of drug-likeness (QED) is 0.777. The third-order valence-corrected chi connectivity index (χ3v) is 4.32. The molecule has 1 saturated heterocycles. The molecule has 25 heavy (non-hydrogen) atoms. The van der Waals surface area contributed by atoms with Gasteiger partial charge in [0, 0.05) is 43.9 Å². The number of morpholine rings is 1. The number of benzene rings is 1. The van der Waals surface area contributed by atoms with Crippen LogP contribution >= 0.6 is 0 Å². The summed E-state index contributed by atoms with van der Waals surface area (Å²) in [4.78, 5) is 10.9. The Morgan fingerprint density at radius 3 is 2.64 bits per heavy atom. The maximum absolute atomic E-state index is 5.44. The fraction of sp³-hybridized carbons (Fsp3) is 0.263. The van der Waals surface area contributed by atoms with E-state index in [0.717, 1.165) is 50.0 Å². The number of ether oxygens (including phenoxy) is 1. The molecule has 0 aliphatic carbocycles. The lowest BCUT2D eigenvalue weighted by atomic mass is 10.2. The molecule has 4 rings (SSSR count). The van der Waals surface area contributed by atoms with Crippen molar-refractivity contribution in [3.05, 3.63) is 66.9 Å². The molecule has 1 aliphatic rings. The SMILES string of the molecule is c1cnc(N2CCOCC2)c(NCc2ccc(-n3ccnc3)cc2)c1. The molecule has 0 unspecified atom stereocenters. The Hall–Kier alpha value is -2.86. The van der Waals surface area contributed by atoms with Crippen LogP contribution in [0.5, 0.6) is 0 Å². The van der Waals surface area contributed by atoms with Gasteiger partial charge in [-0.1, -0.05) is 12.1 Å². The maximum atomic E-state index is 5.44. The molecule has 6 nitrogen and oxygen atoms in total. The van der Waals surface area contributed by atoms with Crippen LogP contribution in [0.2, 0.25) is 0 Å². The first-order chi connectivity index (χ1) is 12.4. The minimum atomic E-state index is 0.756. The normalized spacial score (nSPS) is 14.5. The molecular formula is C19H21N5O. The van der Waals surface area contributed by atoms with E-state index in [2.05, 4.69) is 50.5 Å². The Kier molecular flexibility index (Phi) is 4.61. The number of rotatable bonds is 5. The lowest BCUT2D eigenvalue weighted by molar-refractivity contribution is 0.122. The molecule has 3 heterocycles. The molecule has 0 saturated carbocycles. The number of pyridine rings is 1. The molecule has 0 atom stereocenters. The van der Waals surface area contributed by atoms with Crippen molar-refractivity contribution in [2.45, 2.75) is 6.54 Å². The topological polar surface area (TPSA) is 55.2 Å². The van der Waals surface area contributed by atoms with Crippen LogP contribution in [0.1, 0.15) is 5.56 Å². The highest BCUT2D eigenvalue weighted by molar-refractivity contribution is 5.65. The lowest BCUT2D eigenvalue weighted by Gasteiger charge is -2.29. The Morgan fingerprint density at radius 2 is 1.88 bits per heavy atom. The van der Waals surface area contributed by atoms with Crippen molar-refractivity contribution in [3.8, 4) is 5.69 Å². The smallest absolute Gasteiger partial charge is 0.152 e. The van der Waals surface area contributed by atoms with E-state index >= 15 is 0 Å². The van der Waals surface area contributed by atoms with Crippen LogP contribution in [0.15, 0.2) is 61.3 Å². The average molecular weight is 335 g/mol. The predicted molar refractivity (Wildman–Crippen MR) is 98.2 cm³/mol. The van der Waals surface area contributed by atoms with E-state index in [9.17, 15) is 0 Å². The zero-order chi connectivity index (χ0) is 16.9. The summed E-state index contributed by atoms with van der Waals surface area (Å²) < 4.78 is 7.43. The van der Waals surface area contributed by atoms with Gasteiger partial charge in [0.25, 0.3) is 0 Å². The van der Waals surface area contributed by atoms with E-state index in [1.807, 2.05) is 23.0 Å². The highest BCUT2D eigenvalue weighted by Crippen LogP contribution is 2.24. The molecule has 6 heteroatoms. The monoisotopic (exact) mass is 335 g/mol. The van der Waals surface area contributed by atoms with Crippen LogP contribution in [0.4, 0.5) is 11.5 Å². The third kappa shape index (κ3) is 3.64. The number of hydrogen-bond donors (Lipinski definition) is 1. The number of imidazole rings is 1. The van der Waals surface area contributed by atoms with Crippen LogP contribution in [0.3, 0.4) is 0 Å². The lowest BCUT2D eigenvalue weighted by Crippen LogP contribution is -2.37. The molecule has 2 aromatic heterocycles. The van der Waals surface area contributed by atoms with Crippen LogP contribution < -0.4 is 10.2 Å². The summed E-state index contributed by atoms with van der Waals surface area (Å²) in [6.45, 7) is 4.03. The maximum Gasteiger partial charge on any atom is 0.152 e. The molecule has 1 aromatic carbocycles. The van der Waals surface area contributed by atoms with Gasteiger partial charge in [-0.3, -0.25) is 0 Å². The van der Waals surface area contributed by atoms with Crippen molar-refractivity contribution < 1.29 is 4.74 Å². The first kappa shape index (κ1) is 15.7. The number of anilines is 2. The van der Waals surface area contributed by atoms with Crippen molar-refractivity contribution in [2.75, 3.05) is 36.5 Å². The second kappa shape index (κ2) is 7.36. The Labute approximate surface area is 147 Å². The molecule has 1 fully saturated rings. The summed E-state index contributed by atoms with van der Waals surface area (Å²) in [5.74, 6) is 1.00. The van der Waals surface area contributed by atoms with Gasteiger partial charge >= 0.3 is 0 Å². The molecule has 1 N–H and O–H groups in total. The van der Waals surface area contributed by atoms with Crippen molar-refractivity contribution in [2.24, 2.45) is 0 Å². The van der Waals surface area contributed by atoms with Gasteiger partial charge in [0.05, 0.1) is 25.2 Å². The highest BCUT2D eigenvalue weighted by Gasteiger charge is 2.15. The summed E-state index contributed by atoms with van der Waals surface area (Å²) >= 11 is 0. The summed E-state index contributed by atoms with van der Waals surface area (Å²) in [7, 11) is 0. The zero-order valence-electron chi connectivity index (χ0n) is 14.0. The molecule has 1 aliphatic heterocycles. The number of hydrogen-bond acceptors (Lipinski definition) is 5. The standard InChI is InChI=1S/C19H21N5O/c1-2-18(19(21-7-1)23-10-12-25-13-11-23)22-14-16-3-5-17(6-4-16)24-9-8-20-15-24/h1-9,15,22H,10-14H2. The fourth-order valence-electron chi connectivity index (χ4n) is 2.96. The van der Waals surface area contributed by atoms with Gasteiger partial charge in [-0.25, -0.2) is 9.97 Å². The molecule has 128 valence electrons. The first-order valence-electron chi connectivity index (χ1n) is 8.49.